The SMILES string of the molecule is Cc1ccc2c(C)cc(C(C)C)cc2c1. The zero-order chi connectivity index (χ0) is 11.0. The minimum atomic E-state index is 0.605. The van der Waals surface area contributed by atoms with Crippen molar-refractivity contribution in [3.8, 4) is 0 Å². The zero-order valence-corrected chi connectivity index (χ0v) is 9.96. The molecular formula is C15H18. The summed E-state index contributed by atoms with van der Waals surface area (Å²) in [5, 5.41) is 2.75. The largest absolute Gasteiger partial charge is 0.0587 e. The van der Waals surface area contributed by atoms with Gasteiger partial charge in [0.1, 0.15) is 0 Å². The van der Waals surface area contributed by atoms with E-state index in [1.807, 2.05) is 0 Å². The lowest BCUT2D eigenvalue weighted by molar-refractivity contribution is 0.867. The van der Waals surface area contributed by atoms with Crippen molar-refractivity contribution in [1.29, 1.82) is 0 Å². The second-order valence-electron chi connectivity index (χ2n) is 4.72. The van der Waals surface area contributed by atoms with Gasteiger partial charge in [-0.25, -0.2) is 0 Å². The number of hydrogen-bond donors (Lipinski definition) is 0. The maximum atomic E-state index is 2.32. The molecule has 0 unspecified atom stereocenters. The van der Waals surface area contributed by atoms with Gasteiger partial charge in [0.15, 0.2) is 0 Å². The Morgan fingerprint density at radius 3 is 2.33 bits per heavy atom. The highest BCUT2D eigenvalue weighted by molar-refractivity contribution is 5.87. The molecule has 0 fully saturated rings. The summed E-state index contributed by atoms with van der Waals surface area (Å²) in [6, 6.07) is 11.3. The van der Waals surface area contributed by atoms with Gasteiger partial charge in [-0.1, -0.05) is 49.7 Å². The molecule has 0 amide bonds. The van der Waals surface area contributed by atoms with Crippen molar-refractivity contribution in [2.75, 3.05) is 0 Å². The van der Waals surface area contributed by atoms with E-state index in [2.05, 4.69) is 58.0 Å². The molecule has 0 heterocycles. The van der Waals surface area contributed by atoms with Crippen LogP contribution in [-0.2, 0) is 0 Å². The van der Waals surface area contributed by atoms with Gasteiger partial charge in [0.05, 0.1) is 0 Å². The summed E-state index contributed by atoms with van der Waals surface area (Å²) in [6.45, 7) is 8.84. The molecule has 2 aromatic carbocycles. The third kappa shape index (κ3) is 1.90. The fourth-order valence-electron chi connectivity index (χ4n) is 2.04. The van der Waals surface area contributed by atoms with Gasteiger partial charge >= 0.3 is 0 Å². The third-order valence-corrected chi connectivity index (χ3v) is 3.00. The Hall–Kier alpha value is -1.30. The smallest absolute Gasteiger partial charge is 0.0154 e. The van der Waals surface area contributed by atoms with E-state index in [1.165, 1.54) is 27.5 Å². The number of rotatable bonds is 1. The maximum absolute atomic E-state index is 2.32. The molecule has 0 aliphatic heterocycles. The van der Waals surface area contributed by atoms with Crippen LogP contribution in [0.15, 0.2) is 30.3 Å². The van der Waals surface area contributed by atoms with E-state index < -0.39 is 0 Å². The average Bonchev–Trinajstić information content (AvgIpc) is 2.16. The normalized spacial score (nSPS) is 11.3. The van der Waals surface area contributed by atoms with Gasteiger partial charge in [-0.3, -0.25) is 0 Å². The van der Waals surface area contributed by atoms with Gasteiger partial charge in [0.2, 0.25) is 0 Å². The minimum absolute atomic E-state index is 0.605. The molecule has 0 N–H and O–H groups in total. The summed E-state index contributed by atoms with van der Waals surface area (Å²) in [7, 11) is 0. The molecule has 0 atom stereocenters. The van der Waals surface area contributed by atoms with Crippen LogP contribution in [0.3, 0.4) is 0 Å². The van der Waals surface area contributed by atoms with Crippen LogP contribution in [0.2, 0.25) is 0 Å². The second kappa shape index (κ2) is 3.69. The summed E-state index contributed by atoms with van der Waals surface area (Å²) in [5.74, 6) is 0.605. The zero-order valence-electron chi connectivity index (χ0n) is 9.96. The quantitative estimate of drug-likeness (QED) is 0.629. The van der Waals surface area contributed by atoms with E-state index in [1.54, 1.807) is 0 Å². The molecule has 15 heavy (non-hydrogen) atoms. The Balaban J connectivity index is 2.74. The number of fused-ring (bicyclic) bond motifs is 1. The number of aryl methyl sites for hydroxylation is 2. The van der Waals surface area contributed by atoms with E-state index in [0.717, 1.165) is 0 Å². The van der Waals surface area contributed by atoms with Crippen LogP contribution in [0.1, 0.15) is 36.5 Å². The molecule has 0 saturated carbocycles. The highest BCUT2D eigenvalue weighted by Crippen LogP contribution is 2.25. The Morgan fingerprint density at radius 2 is 1.67 bits per heavy atom. The molecule has 0 aliphatic carbocycles. The van der Waals surface area contributed by atoms with Gasteiger partial charge in [-0.05, 0) is 41.7 Å². The average molecular weight is 198 g/mol. The lowest BCUT2D eigenvalue weighted by Gasteiger charge is -2.10. The first-order chi connectivity index (χ1) is 7.08. The summed E-state index contributed by atoms with van der Waals surface area (Å²) in [6.07, 6.45) is 0. The molecule has 0 aliphatic rings. The van der Waals surface area contributed by atoms with Crippen molar-refractivity contribution >= 4 is 10.8 Å². The van der Waals surface area contributed by atoms with E-state index in [4.69, 9.17) is 0 Å². The van der Waals surface area contributed by atoms with E-state index in [0.29, 0.717) is 5.92 Å². The Bertz CT molecular complexity index is 493. The van der Waals surface area contributed by atoms with Crippen LogP contribution in [0.25, 0.3) is 10.8 Å². The first-order valence-electron chi connectivity index (χ1n) is 5.59. The number of hydrogen-bond acceptors (Lipinski definition) is 0. The minimum Gasteiger partial charge on any atom is -0.0587 e. The molecule has 0 saturated heterocycles. The first-order valence-corrected chi connectivity index (χ1v) is 5.59. The maximum Gasteiger partial charge on any atom is -0.0154 e. The van der Waals surface area contributed by atoms with Crippen molar-refractivity contribution in [2.45, 2.75) is 33.6 Å². The highest BCUT2D eigenvalue weighted by atomic mass is 14.1. The predicted octanol–water partition coefficient (Wildman–Crippen LogP) is 4.58. The van der Waals surface area contributed by atoms with Crippen LogP contribution < -0.4 is 0 Å². The third-order valence-electron chi connectivity index (χ3n) is 3.00. The summed E-state index contributed by atoms with van der Waals surface area (Å²) in [4.78, 5) is 0. The summed E-state index contributed by atoms with van der Waals surface area (Å²) < 4.78 is 0. The van der Waals surface area contributed by atoms with Crippen LogP contribution in [0, 0.1) is 13.8 Å². The Labute approximate surface area is 91.9 Å². The van der Waals surface area contributed by atoms with E-state index in [9.17, 15) is 0 Å². The van der Waals surface area contributed by atoms with Gasteiger partial charge in [-0.2, -0.15) is 0 Å². The van der Waals surface area contributed by atoms with Crippen LogP contribution >= 0.6 is 0 Å². The Kier molecular flexibility index (Phi) is 2.52. The topological polar surface area (TPSA) is 0 Å². The fourth-order valence-corrected chi connectivity index (χ4v) is 2.04. The van der Waals surface area contributed by atoms with Gasteiger partial charge in [0.25, 0.3) is 0 Å². The van der Waals surface area contributed by atoms with Crippen molar-refractivity contribution in [1.82, 2.24) is 0 Å². The standard InChI is InChI=1S/C15H18/c1-10(2)13-8-12(4)15-6-5-11(3)7-14(15)9-13/h5-10H,1-4H3. The molecule has 0 spiro atoms. The molecule has 0 nitrogen and oxygen atoms in total. The van der Waals surface area contributed by atoms with Crippen molar-refractivity contribution in [3.05, 3.63) is 47.0 Å². The monoisotopic (exact) mass is 198 g/mol. The van der Waals surface area contributed by atoms with Gasteiger partial charge in [0, 0.05) is 0 Å². The lowest BCUT2D eigenvalue weighted by atomic mass is 9.95. The summed E-state index contributed by atoms with van der Waals surface area (Å²) >= 11 is 0. The van der Waals surface area contributed by atoms with Crippen LogP contribution in [-0.4, -0.2) is 0 Å². The lowest BCUT2D eigenvalue weighted by Crippen LogP contribution is -1.90. The highest BCUT2D eigenvalue weighted by Gasteiger charge is 2.03. The molecule has 0 aromatic heterocycles. The van der Waals surface area contributed by atoms with Crippen LogP contribution in [0.4, 0.5) is 0 Å². The Morgan fingerprint density at radius 1 is 0.933 bits per heavy atom. The first kappa shape index (κ1) is 10.2. The van der Waals surface area contributed by atoms with Gasteiger partial charge < -0.3 is 0 Å². The van der Waals surface area contributed by atoms with Crippen LogP contribution in [0.5, 0.6) is 0 Å². The van der Waals surface area contributed by atoms with E-state index in [-0.39, 0.29) is 0 Å². The molecule has 0 radical (unpaired) electrons. The van der Waals surface area contributed by atoms with Gasteiger partial charge in [-0.15, -0.1) is 0 Å². The van der Waals surface area contributed by atoms with E-state index >= 15 is 0 Å². The number of benzene rings is 2. The predicted molar refractivity (Wildman–Crippen MR) is 67.5 cm³/mol. The molecule has 0 heteroatoms. The molecule has 2 rings (SSSR count). The van der Waals surface area contributed by atoms with Crippen molar-refractivity contribution < 1.29 is 0 Å². The second-order valence-corrected chi connectivity index (χ2v) is 4.72. The molecular weight excluding hydrogens is 180 g/mol. The molecule has 0 bridgehead atoms. The summed E-state index contributed by atoms with van der Waals surface area (Å²) in [5.41, 5.74) is 4.16. The fraction of sp³-hybridized carbons (Fsp3) is 0.333. The molecule has 2 aromatic rings. The van der Waals surface area contributed by atoms with Crippen molar-refractivity contribution in [2.24, 2.45) is 0 Å². The van der Waals surface area contributed by atoms with Crippen molar-refractivity contribution in [3.63, 3.8) is 0 Å². The molecule has 78 valence electrons.